The maximum atomic E-state index is 12.0. The van der Waals surface area contributed by atoms with Gasteiger partial charge in [-0.05, 0) is 30.0 Å². The van der Waals surface area contributed by atoms with Crippen LogP contribution in [0.4, 0.5) is 0 Å². The topological polar surface area (TPSA) is 26.3 Å². The van der Waals surface area contributed by atoms with E-state index in [1.165, 1.54) is 0 Å². The molecule has 2 rings (SSSR count). The molecule has 1 aromatic rings. The lowest BCUT2D eigenvalue weighted by molar-refractivity contribution is -0.128. The van der Waals surface area contributed by atoms with Gasteiger partial charge in [-0.1, -0.05) is 36.2 Å². The van der Waals surface area contributed by atoms with E-state index in [-0.39, 0.29) is 11.9 Å². The molecule has 1 fully saturated rings. The molecule has 92 valence electrons. The van der Waals surface area contributed by atoms with Crippen LogP contribution in [0.2, 0.25) is 10.0 Å². The van der Waals surface area contributed by atoms with Crippen molar-refractivity contribution in [1.82, 2.24) is 0 Å². The van der Waals surface area contributed by atoms with Crippen molar-refractivity contribution in [2.24, 2.45) is 5.92 Å². The molecule has 0 aromatic heterocycles. The van der Waals surface area contributed by atoms with Crippen LogP contribution >= 0.6 is 23.2 Å². The predicted octanol–water partition coefficient (Wildman–Crippen LogP) is 3.53. The molecular formula is C13H14Cl2O2. The molecule has 4 heteroatoms. The number of ketones is 1. The van der Waals surface area contributed by atoms with Crippen LogP contribution in [-0.4, -0.2) is 18.5 Å². The van der Waals surface area contributed by atoms with Crippen LogP contribution in [0.1, 0.15) is 18.9 Å². The van der Waals surface area contributed by atoms with Crippen LogP contribution in [-0.2, 0) is 16.0 Å². The number of benzene rings is 1. The molecule has 2 atom stereocenters. The standard InChI is InChI=1S/C13H14Cl2O2/c1-8-4-5-17-13(8)12(16)6-9-2-3-10(14)7-11(9)15/h2-3,7-8,13H,4-6H2,1H3. The summed E-state index contributed by atoms with van der Waals surface area (Å²) in [7, 11) is 0. The maximum absolute atomic E-state index is 12.0. The quantitative estimate of drug-likeness (QED) is 0.842. The average molecular weight is 273 g/mol. The normalized spacial score (nSPS) is 23.9. The number of halogens is 2. The Balaban J connectivity index is 2.07. The highest BCUT2D eigenvalue weighted by Gasteiger charge is 2.30. The first kappa shape index (κ1) is 12.9. The second-order valence-electron chi connectivity index (χ2n) is 4.44. The van der Waals surface area contributed by atoms with Crippen molar-refractivity contribution in [1.29, 1.82) is 0 Å². The molecule has 2 unspecified atom stereocenters. The van der Waals surface area contributed by atoms with E-state index in [0.29, 0.717) is 29.0 Å². The molecule has 0 N–H and O–H groups in total. The number of carbonyl (C=O) groups excluding carboxylic acids is 1. The summed E-state index contributed by atoms with van der Waals surface area (Å²) in [6.07, 6.45) is 0.984. The Labute approximate surface area is 111 Å². The van der Waals surface area contributed by atoms with E-state index in [0.717, 1.165) is 12.0 Å². The van der Waals surface area contributed by atoms with Crippen molar-refractivity contribution in [3.05, 3.63) is 33.8 Å². The molecule has 0 amide bonds. The Bertz CT molecular complexity index is 431. The van der Waals surface area contributed by atoms with E-state index < -0.39 is 0 Å². The number of ether oxygens (including phenoxy) is 1. The molecule has 2 nitrogen and oxygen atoms in total. The minimum absolute atomic E-state index is 0.0965. The Hall–Kier alpha value is -0.570. The van der Waals surface area contributed by atoms with Crippen LogP contribution in [0, 0.1) is 5.92 Å². The van der Waals surface area contributed by atoms with Gasteiger partial charge >= 0.3 is 0 Å². The first-order valence-corrected chi connectivity index (χ1v) is 6.42. The molecule has 0 radical (unpaired) electrons. The molecule has 1 aromatic carbocycles. The van der Waals surface area contributed by atoms with Gasteiger partial charge in [-0.3, -0.25) is 4.79 Å². The molecule has 0 spiro atoms. The van der Waals surface area contributed by atoms with E-state index in [9.17, 15) is 4.79 Å². The fraction of sp³-hybridized carbons (Fsp3) is 0.462. The highest BCUT2D eigenvalue weighted by molar-refractivity contribution is 6.35. The van der Waals surface area contributed by atoms with E-state index >= 15 is 0 Å². The summed E-state index contributed by atoms with van der Waals surface area (Å²) < 4.78 is 5.44. The molecule has 1 aliphatic rings. The summed E-state index contributed by atoms with van der Waals surface area (Å²) in [5.74, 6) is 0.396. The lowest BCUT2D eigenvalue weighted by atomic mass is 9.96. The van der Waals surface area contributed by atoms with Gasteiger partial charge in [0.15, 0.2) is 5.78 Å². The van der Waals surface area contributed by atoms with Crippen molar-refractivity contribution in [3.8, 4) is 0 Å². The average Bonchev–Trinajstić information content (AvgIpc) is 2.68. The Morgan fingerprint density at radius 2 is 2.24 bits per heavy atom. The lowest BCUT2D eigenvalue weighted by Gasteiger charge is -2.13. The van der Waals surface area contributed by atoms with Gasteiger partial charge in [0.2, 0.25) is 0 Å². The number of rotatable bonds is 3. The number of hydrogen-bond donors (Lipinski definition) is 0. The molecular weight excluding hydrogens is 259 g/mol. The van der Waals surface area contributed by atoms with Gasteiger partial charge in [0.05, 0.1) is 0 Å². The van der Waals surface area contributed by atoms with Gasteiger partial charge in [-0.15, -0.1) is 0 Å². The Kier molecular flexibility index (Phi) is 4.08. The molecule has 0 bridgehead atoms. The zero-order chi connectivity index (χ0) is 12.4. The SMILES string of the molecule is CC1CCOC1C(=O)Cc1ccc(Cl)cc1Cl. The van der Waals surface area contributed by atoms with Crippen LogP contribution in [0.5, 0.6) is 0 Å². The zero-order valence-corrected chi connectivity index (χ0v) is 11.1. The minimum atomic E-state index is -0.276. The zero-order valence-electron chi connectivity index (χ0n) is 9.58. The minimum Gasteiger partial charge on any atom is -0.370 e. The third-order valence-electron chi connectivity index (χ3n) is 3.08. The number of Topliss-reactive ketones (excluding diaryl/α,β-unsaturated/α-hetero) is 1. The van der Waals surface area contributed by atoms with Crippen LogP contribution in [0.15, 0.2) is 18.2 Å². The Morgan fingerprint density at radius 1 is 1.47 bits per heavy atom. The molecule has 1 saturated heterocycles. The third kappa shape index (κ3) is 3.01. The van der Waals surface area contributed by atoms with E-state index in [2.05, 4.69) is 0 Å². The first-order chi connectivity index (χ1) is 8.08. The summed E-state index contributed by atoms with van der Waals surface area (Å²) >= 11 is 11.8. The molecule has 17 heavy (non-hydrogen) atoms. The van der Waals surface area contributed by atoms with Crippen LogP contribution in [0.25, 0.3) is 0 Å². The van der Waals surface area contributed by atoms with E-state index in [1.807, 2.05) is 6.92 Å². The first-order valence-electron chi connectivity index (χ1n) is 5.66. The monoisotopic (exact) mass is 272 g/mol. The summed E-state index contributed by atoms with van der Waals surface area (Å²) in [6, 6.07) is 5.20. The fourth-order valence-electron chi connectivity index (χ4n) is 2.06. The second kappa shape index (κ2) is 5.38. The summed E-state index contributed by atoms with van der Waals surface area (Å²) in [5.41, 5.74) is 0.809. The van der Waals surface area contributed by atoms with Gasteiger partial charge < -0.3 is 4.74 Å². The smallest absolute Gasteiger partial charge is 0.166 e. The highest BCUT2D eigenvalue weighted by atomic mass is 35.5. The molecule has 1 heterocycles. The maximum Gasteiger partial charge on any atom is 0.166 e. The van der Waals surface area contributed by atoms with Crippen molar-refractivity contribution in [2.75, 3.05) is 6.61 Å². The Morgan fingerprint density at radius 3 is 2.82 bits per heavy atom. The van der Waals surface area contributed by atoms with E-state index in [4.69, 9.17) is 27.9 Å². The summed E-state index contributed by atoms with van der Waals surface area (Å²) in [5, 5.41) is 1.12. The lowest BCUT2D eigenvalue weighted by Crippen LogP contribution is -2.26. The largest absolute Gasteiger partial charge is 0.370 e. The fourth-order valence-corrected chi connectivity index (χ4v) is 2.54. The van der Waals surface area contributed by atoms with E-state index in [1.54, 1.807) is 18.2 Å². The van der Waals surface area contributed by atoms with Gasteiger partial charge in [0.25, 0.3) is 0 Å². The number of carbonyl (C=O) groups is 1. The van der Waals surface area contributed by atoms with Gasteiger partial charge in [0.1, 0.15) is 6.10 Å². The third-order valence-corrected chi connectivity index (χ3v) is 3.67. The summed E-state index contributed by atoms with van der Waals surface area (Å²) in [6.45, 7) is 2.71. The summed E-state index contributed by atoms with van der Waals surface area (Å²) in [4.78, 5) is 12.0. The second-order valence-corrected chi connectivity index (χ2v) is 5.28. The van der Waals surface area contributed by atoms with Crippen LogP contribution < -0.4 is 0 Å². The predicted molar refractivity (Wildman–Crippen MR) is 68.7 cm³/mol. The molecule has 0 aliphatic carbocycles. The van der Waals surface area contributed by atoms with Gasteiger partial charge in [0, 0.05) is 23.1 Å². The van der Waals surface area contributed by atoms with Crippen molar-refractivity contribution < 1.29 is 9.53 Å². The van der Waals surface area contributed by atoms with Gasteiger partial charge in [-0.2, -0.15) is 0 Å². The van der Waals surface area contributed by atoms with Gasteiger partial charge in [-0.25, -0.2) is 0 Å². The molecule has 0 saturated carbocycles. The highest BCUT2D eigenvalue weighted by Crippen LogP contribution is 2.25. The van der Waals surface area contributed by atoms with Crippen molar-refractivity contribution >= 4 is 29.0 Å². The van der Waals surface area contributed by atoms with Crippen molar-refractivity contribution in [2.45, 2.75) is 25.9 Å². The van der Waals surface area contributed by atoms with Crippen molar-refractivity contribution in [3.63, 3.8) is 0 Å². The molecule has 1 aliphatic heterocycles. The number of hydrogen-bond acceptors (Lipinski definition) is 2. The van der Waals surface area contributed by atoms with Crippen LogP contribution in [0.3, 0.4) is 0 Å².